The van der Waals surface area contributed by atoms with E-state index in [2.05, 4.69) is 15.3 Å². The number of aromatic nitrogens is 2. The molecule has 1 atom stereocenters. The van der Waals surface area contributed by atoms with Gasteiger partial charge in [0, 0.05) is 23.7 Å². The van der Waals surface area contributed by atoms with Crippen molar-refractivity contribution in [3.63, 3.8) is 0 Å². The minimum absolute atomic E-state index is 0.141. The van der Waals surface area contributed by atoms with Crippen LogP contribution in [0.4, 0.5) is 5.82 Å². The zero-order valence-corrected chi connectivity index (χ0v) is 14.6. The van der Waals surface area contributed by atoms with E-state index in [1.165, 1.54) is 5.56 Å². The first-order valence-electron chi connectivity index (χ1n) is 8.04. The molecule has 1 aromatic carbocycles. The molecular weight excluding hydrogens is 344 g/mol. The Morgan fingerprint density at radius 2 is 2.29 bits per heavy atom. The van der Waals surface area contributed by atoms with Crippen LogP contribution in [0, 0.1) is 4.77 Å². The first-order chi connectivity index (χ1) is 11.6. The molecule has 0 saturated carbocycles. The number of aromatic amines is 1. The zero-order chi connectivity index (χ0) is 16.7. The second-order valence-corrected chi connectivity index (χ2v) is 6.98. The Hall–Kier alpha value is -1.76. The lowest BCUT2D eigenvalue weighted by Crippen LogP contribution is -2.19. The third-order valence-corrected chi connectivity index (χ3v) is 5.20. The molecule has 0 spiro atoms. The highest BCUT2D eigenvalue weighted by Gasteiger charge is 2.21. The van der Waals surface area contributed by atoms with Gasteiger partial charge in [-0.15, -0.1) is 0 Å². The lowest BCUT2D eigenvalue weighted by Gasteiger charge is -2.18. The van der Waals surface area contributed by atoms with Crippen molar-refractivity contribution >= 4 is 35.9 Å². The number of hydrogen-bond donors (Lipinski definition) is 2. The van der Waals surface area contributed by atoms with Crippen LogP contribution >= 0.6 is 23.8 Å². The minimum Gasteiger partial charge on any atom is -0.310 e. The molecule has 1 aromatic heterocycles. The van der Waals surface area contributed by atoms with E-state index >= 15 is 0 Å². The standard InChI is InChI=1S/C17H17ClN4OS/c18-11-4-3-10(13(8-11)14-2-1-6-19-14)9-22-15-12(5-7-20-15)16(23)21-17(22)24/h3-4,7-8,14,19H,1-2,5-6,9H2,(H,21,23,24)/t14-/m1/s1. The lowest BCUT2D eigenvalue weighted by atomic mass is 9.99. The van der Waals surface area contributed by atoms with Crippen molar-refractivity contribution in [2.75, 3.05) is 6.54 Å². The monoisotopic (exact) mass is 360 g/mol. The quantitative estimate of drug-likeness (QED) is 0.825. The molecule has 4 rings (SSSR count). The van der Waals surface area contributed by atoms with E-state index in [1.807, 2.05) is 22.8 Å². The topological polar surface area (TPSA) is 62.2 Å². The molecule has 1 saturated heterocycles. The lowest BCUT2D eigenvalue weighted by molar-refractivity contribution is 0.630. The molecular formula is C17H17ClN4OS. The van der Waals surface area contributed by atoms with Gasteiger partial charge in [0.25, 0.3) is 5.56 Å². The summed E-state index contributed by atoms with van der Waals surface area (Å²) in [7, 11) is 0. The molecule has 2 aliphatic rings. The van der Waals surface area contributed by atoms with Gasteiger partial charge in [-0.3, -0.25) is 14.3 Å². The Bertz CT molecular complexity index is 941. The second kappa shape index (κ2) is 6.27. The predicted molar refractivity (Wildman–Crippen MR) is 98.3 cm³/mol. The molecule has 2 aliphatic heterocycles. The van der Waals surface area contributed by atoms with Crippen molar-refractivity contribution in [2.45, 2.75) is 31.8 Å². The number of aliphatic imine (C=N–C) groups is 1. The molecule has 0 unspecified atom stereocenters. The van der Waals surface area contributed by atoms with E-state index in [0.717, 1.165) is 30.0 Å². The molecule has 2 aromatic rings. The maximum Gasteiger partial charge on any atom is 0.257 e. The number of benzene rings is 1. The van der Waals surface area contributed by atoms with E-state index in [0.29, 0.717) is 35.2 Å². The molecule has 124 valence electrons. The normalized spacial score (nSPS) is 19.0. The third-order valence-electron chi connectivity index (χ3n) is 4.65. The highest BCUT2D eigenvalue weighted by atomic mass is 35.5. The van der Waals surface area contributed by atoms with Gasteiger partial charge in [-0.1, -0.05) is 17.7 Å². The molecule has 3 heterocycles. The molecule has 5 nitrogen and oxygen atoms in total. The molecule has 0 amide bonds. The van der Waals surface area contributed by atoms with Crippen molar-refractivity contribution in [2.24, 2.45) is 4.99 Å². The van der Waals surface area contributed by atoms with Gasteiger partial charge in [0.15, 0.2) is 4.77 Å². The van der Waals surface area contributed by atoms with E-state index in [4.69, 9.17) is 23.8 Å². The van der Waals surface area contributed by atoms with Crippen molar-refractivity contribution in [3.8, 4) is 0 Å². The summed E-state index contributed by atoms with van der Waals surface area (Å²) in [6.07, 6.45) is 4.57. The highest BCUT2D eigenvalue weighted by molar-refractivity contribution is 7.71. The summed E-state index contributed by atoms with van der Waals surface area (Å²) in [5, 5.41) is 4.25. The van der Waals surface area contributed by atoms with Crippen molar-refractivity contribution in [1.82, 2.24) is 14.9 Å². The van der Waals surface area contributed by atoms with Gasteiger partial charge in [0.1, 0.15) is 5.82 Å². The predicted octanol–water partition coefficient (Wildman–Crippen LogP) is 3.29. The van der Waals surface area contributed by atoms with Crippen molar-refractivity contribution in [3.05, 3.63) is 55.0 Å². The van der Waals surface area contributed by atoms with Crippen LogP contribution in [0.15, 0.2) is 28.0 Å². The Labute approximate surface area is 149 Å². The van der Waals surface area contributed by atoms with Crippen LogP contribution in [0.2, 0.25) is 5.02 Å². The summed E-state index contributed by atoms with van der Waals surface area (Å²) >= 11 is 11.6. The van der Waals surface area contributed by atoms with Gasteiger partial charge in [-0.25, -0.2) is 4.99 Å². The molecule has 24 heavy (non-hydrogen) atoms. The van der Waals surface area contributed by atoms with Crippen LogP contribution in [-0.4, -0.2) is 22.3 Å². The molecule has 0 radical (unpaired) electrons. The van der Waals surface area contributed by atoms with Crippen LogP contribution in [0.1, 0.15) is 35.6 Å². The number of hydrogen-bond acceptors (Lipinski definition) is 4. The molecule has 0 bridgehead atoms. The maximum atomic E-state index is 12.0. The smallest absolute Gasteiger partial charge is 0.257 e. The maximum absolute atomic E-state index is 12.0. The zero-order valence-electron chi connectivity index (χ0n) is 13.0. The summed E-state index contributed by atoms with van der Waals surface area (Å²) in [4.78, 5) is 19.1. The molecule has 1 fully saturated rings. The number of fused-ring (bicyclic) bond motifs is 1. The largest absolute Gasteiger partial charge is 0.310 e. The Balaban J connectivity index is 1.80. The fourth-order valence-corrected chi connectivity index (χ4v) is 3.88. The SMILES string of the molecule is O=c1[nH]c(=S)n(Cc2ccc(Cl)cc2[C@H]2CCCN2)c2c1CC=N2. The number of H-pyrrole nitrogens is 1. The molecule has 2 N–H and O–H groups in total. The van der Waals surface area contributed by atoms with Gasteiger partial charge in [-0.2, -0.15) is 0 Å². The highest BCUT2D eigenvalue weighted by Crippen LogP contribution is 2.30. The number of nitrogens with one attached hydrogen (secondary N) is 2. The van der Waals surface area contributed by atoms with Gasteiger partial charge < -0.3 is 5.32 Å². The molecule has 7 heteroatoms. The first-order valence-corrected chi connectivity index (χ1v) is 8.82. The Morgan fingerprint density at radius 3 is 3.08 bits per heavy atom. The van der Waals surface area contributed by atoms with Crippen LogP contribution in [0.25, 0.3) is 0 Å². The van der Waals surface area contributed by atoms with Crippen LogP contribution in [0.3, 0.4) is 0 Å². The van der Waals surface area contributed by atoms with Gasteiger partial charge in [0.2, 0.25) is 0 Å². The third kappa shape index (κ3) is 2.75. The second-order valence-electron chi connectivity index (χ2n) is 6.16. The summed E-state index contributed by atoms with van der Waals surface area (Å²) in [5.74, 6) is 0.670. The Morgan fingerprint density at radius 1 is 1.42 bits per heavy atom. The fraction of sp³-hybridized carbons (Fsp3) is 0.353. The Kier molecular flexibility index (Phi) is 4.12. The number of nitrogens with zero attached hydrogens (tertiary/aromatic N) is 2. The average Bonchev–Trinajstić information content (AvgIpc) is 3.24. The van der Waals surface area contributed by atoms with Crippen LogP contribution in [0.5, 0.6) is 0 Å². The fourth-order valence-electron chi connectivity index (χ4n) is 3.46. The van der Waals surface area contributed by atoms with Crippen LogP contribution in [-0.2, 0) is 13.0 Å². The summed E-state index contributed by atoms with van der Waals surface area (Å²) in [5.41, 5.74) is 2.88. The summed E-state index contributed by atoms with van der Waals surface area (Å²) in [6.45, 7) is 1.59. The van der Waals surface area contributed by atoms with E-state index in [9.17, 15) is 4.79 Å². The van der Waals surface area contributed by atoms with Gasteiger partial charge >= 0.3 is 0 Å². The summed E-state index contributed by atoms with van der Waals surface area (Å²) < 4.78 is 2.30. The summed E-state index contributed by atoms with van der Waals surface area (Å²) in [6, 6.07) is 6.27. The van der Waals surface area contributed by atoms with Crippen LogP contribution < -0.4 is 10.9 Å². The van der Waals surface area contributed by atoms with E-state index in [1.54, 1.807) is 6.21 Å². The first kappa shape index (κ1) is 15.7. The van der Waals surface area contributed by atoms with Crippen molar-refractivity contribution < 1.29 is 0 Å². The van der Waals surface area contributed by atoms with Crippen molar-refractivity contribution in [1.29, 1.82) is 0 Å². The van der Waals surface area contributed by atoms with E-state index < -0.39 is 0 Å². The van der Waals surface area contributed by atoms with Gasteiger partial charge in [0.05, 0.1) is 12.1 Å². The number of rotatable bonds is 3. The minimum atomic E-state index is -0.141. The average molecular weight is 361 g/mol. The van der Waals surface area contributed by atoms with Gasteiger partial charge in [-0.05, 0) is 54.9 Å². The number of halogens is 1. The molecule has 0 aliphatic carbocycles. The van der Waals surface area contributed by atoms with E-state index in [-0.39, 0.29) is 5.56 Å².